The van der Waals surface area contributed by atoms with Crippen LogP contribution in [0.2, 0.25) is 0 Å². The van der Waals surface area contributed by atoms with Gasteiger partial charge in [-0.2, -0.15) is 0 Å². The molecular weight excluding hydrogens is 332 g/mol. The fourth-order valence-electron chi connectivity index (χ4n) is 2.77. The average Bonchev–Trinajstić information content (AvgIpc) is 2.70. The zero-order valence-corrected chi connectivity index (χ0v) is 14.7. The molecule has 0 aliphatic carbocycles. The van der Waals surface area contributed by atoms with Crippen molar-refractivity contribution in [2.75, 3.05) is 18.4 Å². The van der Waals surface area contributed by atoms with Gasteiger partial charge in [0.2, 0.25) is 11.8 Å². The minimum absolute atomic E-state index is 0.0198. The van der Waals surface area contributed by atoms with Gasteiger partial charge in [-0.25, -0.2) is 4.98 Å². The van der Waals surface area contributed by atoms with Gasteiger partial charge in [0.1, 0.15) is 11.8 Å². The van der Waals surface area contributed by atoms with Crippen LogP contribution in [0.1, 0.15) is 36.7 Å². The highest BCUT2D eigenvalue weighted by molar-refractivity contribution is 5.92. The van der Waals surface area contributed by atoms with Crippen molar-refractivity contribution in [1.29, 1.82) is 0 Å². The molecule has 0 spiro atoms. The molecule has 0 bridgehead atoms. The van der Waals surface area contributed by atoms with Gasteiger partial charge in [-0.15, -0.1) is 0 Å². The van der Waals surface area contributed by atoms with E-state index in [-0.39, 0.29) is 17.9 Å². The van der Waals surface area contributed by atoms with Crippen molar-refractivity contribution >= 4 is 17.5 Å². The number of carbonyl (C=O) groups is 2. The van der Waals surface area contributed by atoms with Gasteiger partial charge in [-0.1, -0.05) is 13.0 Å². The van der Waals surface area contributed by atoms with Crippen LogP contribution in [0.4, 0.5) is 5.69 Å². The highest BCUT2D eigenvalue weighted by Crippen LogP contribution is 2.19. The molecule has 2 aromatic rings. The second-order valence-electron chi connectivity index (χ2n) is 6.11. The highest BCUT2D eigenvalue weighted by atomic mass is 16.5. The molecule has 0 saturated carbocycles. The number of ether oxygens (including phenoxy) is 1. The van der Waals surface area contributed by atoms with Crippen molar-refractivity contribution in [2.24, 2.45) is 0 Å². The lowest BCUT2D eigenvalue weighted by Gasteiger charge is -2.31. The number of rotatable bonds is 5. The molecule has 3 rings (SSSR count). The van der Waals surface area contributed by atoms with Crippen LogP contribution in [-0.4, -0.2) is 45.9 Å². The van der Waals surface area contributed by atoms with Crippen LogP contribution in [0, 0.1) is 0 Å². The van der Waals surface area contributed by atoms with Gasteiger partial charge >= 0.3 is 0 Å². The van der Waals surface area contributed by atoms with Crippen LogP contribution in [-0.2, 0) is 4.79 Å². The molecule has 136 valence electrons. The number of hydrogen-bond acceptors (Lipinski definition) is 5. The first-order valence-electron chi connectivity index (χ1n) is 8.78. The smallest absolute Gasteiger partial charge is 0.272 e. The summed E-state index contributed by atoms with van der Waals surface area (Å²) < 4.78 is 5.90. The first-order valence-corrected chi connectivity index (χ1v) is 8.78. The molecule has 2 aromatic heterocycles. The summed E-state index contributed by atoms with van der Waals surface area (Å²) in [5.41, 5.74) is 1.12. The number of carbonyl (C=O) groups excluding carboxylic acids is 2. The molecule has 1 saturated heterocycles. The van der Waals surface area contributed by atoms with E-state index in [0.29, 0.717) is 36.8 Å². The molecule has 0 radical (unpaired) electrons. The predicted octanol–water partition coefficient (Wildman–Crippen LogP) is 2.51. The lowest BCUT2D eigenvalue weighted by atomic mass is 10.1. The molecule has 1 aliphatic heterocycles. The highest BCUT2D eigenvalue weighted by Gasteiger charge is 2.25. The van der Waals surface area contributed by atoms with Gasteiger partial charge in [-0.05, 0) is 18.2 Å². The summed E-state index contributed by atoms with van der Waals surface area (Å²) in [6, 6.07) is 8.86. The SMILES string of the molecule is CCC(=O)Nc1ccc(OC2CCN(C(=O)c3ccccn3)CC2)nc1. The van der Waals surface area contributed by atoms with Crippen molar-refractivity contribution < 1.29 is 14.3 Å². The maximum absolute atomic E-state index is 12.4. The van der Waals surface area contributed by atoms with Gasteiger partial charge in [0.15, 0.2) is 0 Å². The molecule has 1 N–H and O–H groups in total. The fraction of sp³-hybridized carbons (Fsp3) is 0.368. The van der Waals surface area contributed by atoms with Gasteiger partial charge in [0.05, 0.1) is 11.9 Å². The molecule has 2 amide bonds. The van der Waals surface area contributed by atoms with E-state index in [1.165, 1.54) is 0 Å². The Morgan fingerprint density at radius 2 is 2.00 bits per heavy atom. The fourth-order valence-corrected chi connectivity index (χ4v) is 2.77. The standard InChI is InChI=1S/C19H22N4O3/c1-2-17(24)22-14-6-7-18(21-13-14)26-15-8-11-23(12-9-15)19(25)16-5-3-4-10-20-16/h3-7,10,13,15H,2,8-9,11-12H2,1H3,(H,22,24). The number of amides is 2. The number of likely N-dealkylation sites (tertiary alicyclic amines) is 1. The summed E-state index contributed by atoms with van der Waals surface area (Å²) in [5.74, 6) is 0.428. The zero-order chi connectivity index (χ0) is 18.4. The Kier molecular flexibility index (Phi) is 5.78. The van der Waals surface area contributed by atoms with Crippen molar-refractivity contribution in [2.45, 2.75) is 32.3 Å². The Bertz CT molecular complexity index is 741. The Morgan fingerprint density at radius 3 is 2.62 bits per heavy atom. The van der Waals surface area contributed by atoms with E-state index >= 15 is 0 Å². The number of nitrogens with zero attached hydrogens (tertiary/aromatic N) is 3. The van der Waals surface area contributed by atoms with Crippen molar-refractivity contribution in [1.82, 2.24) is 14.9 Å². The monoisotopic (exact) mass is 354 g/mol. The molecule has 0 atom stereocenters. The van der Waals surface area contributed by atoms with Crippen molar-refractivity contribution in [3.63, 3.8) is 0 Å². The largest absolute Gasteiger partial charge is 0.474 e. The second-order valence-corrected chi connectivity index (χ2v) is 6.11. The number of nitrogens with one attached hydrogen (secondary N) is 1. The quantitative estimate of drug-likeness (QED) is 0.892. The summed E-state index contributed by atoms with van der Waals surface area (Å²) in [6.45, 7) is 3.06. The van der Waals surface area contributed by atoms with E-state index in [1.54, 1.807) is 48.5 Å². The molecular formula is C19H22N4O3. The number of piperidine rings is 1. The molecule has 0 unspecified atom stereocenters. The summed E-state index contributed by atoms with van der Waals surface area (Å²) in [5, 5.41) is 2.75. The summed E-state index contributed by atoms with van der Waals surface area (Å²) in [7, 11) is 0. The number of hydrogen-bond donors (Lipinski definition) is 1. The van der Waals surface area contributed by atoms with E-state index in [9.17, 15) is 9.59 Å². The van der Waals surface area contributed by atoms with E-state index in [0.717, 1.165) is 12.8 Å². The topological polar surface area (TPSA) is 84.4 Å². The number of anilines is 1. The molecule has 26 heavy (non-hydrogen) atoms. The summed E-state index contributed by atoms with van der Waals surface area (Å²) in [4.78, 5) is 33.9. The Morgan fingerprint density at radius 1 is 1.19 bits per heavy atom. The van der Waals surface area contributed by atoms with Crippen LogP contribution in [0.15, 0.2) is 42.7 Å². The third kappa shape index (κ3) is 4.56. The maximum atomic E-state index is 12.4. The zero-order valence-electron chi connectivity index (χ0n) is 14.7. The normalized spacial score (nSPS) is 14.7. The molecule has 1 aliphatic rings. The van der Waals surface area contributed by atoms with Crippen LogP contribution < -0.4 is 10.1 Å². The third-order valence-electron chi connectivity index (χ3n) is 4.24. The molecule has 7 heteroatoms. The minimum atomic E-state index is -0.0505. The minimum Gasteiger partial charge on any atom is -0.474 e. The van der Waals surface area contributed by atoms with Gasteiger partial charge < -0.3 is 15.0 Å². The predicted molar refractivity (Wildman–Crippen MR) is 96.9 cm³/mol. The Labute approximate surface area is 152 Å². The molecule has 7 nitrogen and oxygen atoms in total. The van der Waals surface area contributed by atoms with Crippen molar-refractivity contribution in [3.05, 3.63) is 48.4 Å². The van der Waals surface area contributed by atoms with Gasteiger partial charge in [0.25, 0.3) is 5.91 Å². The average molecular weight is 354 g/mol. The number of aromatic nitrogens is 2. The van der Waals surface area contributed by atoms with Crippen molar-refractivity contribution in [3.8, 4) is 5.88 Å². The molecule has 0 aromatic carbocycles. The Balaban J connectivity index is 1.49. The molecule has 3 heterocycles. The summed E-state index contributed by atoms with van der Waals surface area (Å²) in [6.07, 6.45) is 5.15. The van der Waals surface area contributed by atoms with Crippen LogP contribution >= 0.6 is 0 Å². The van der Waals surface area contributed by atoms with Crippen LogP contribution in [0.3, 0.4) is 0 Å². The van der Waals surface area contributed by atoms with Gasteiger partial charge in [-0.3, -0.25) is 14.6 Å². The number of pyridine rings is 2. The van der Waals surface area contributed by atoms with E-state index in [1.807, 2.05) is 6.07 Å². The Hall–Kier alpha value is -2.96. The van der Waals surface area contributed by atoms with E-state index < -0.39 is 0 Å². The third-order valence-corrected chi connectivity index (χ3v) is 4.24. The summed E-state index contributed by atoms with van der Waals surface area (Å²) >= 11 is 0. The maximum Gasteiger partial charge on any atom is 0.272 e. The van der Waals surface area contributed by atoms with Gasteiger partial charge in [0, 0.05) is 44.6 Å². The lowest BCUT2D eigenvalue weighted by molar-refractivity contribution is -0.115. The van der Waals surface area contributed by atoms with E-state index in [2.05, 4.69) is 15.3 Å². The lowest BCUT2D eigenvalue weighted by Crippen LogP contribution is -2.42. The first-order chi connectivity index (χ1) is 12.7. The van der Waals surface area contributed by atoms with Crippen LogP contribution in [0.25, 0.3) is 0 Å². The first kappa shape index (κ1) is 17.8. The van der Waals surface area contributed by atoms with Crippen LogP contribution in [0.5, 0.6) is 5.88 Å². The second kappa shape index (κ2) is 8.42. The van der Waals surface area contributed by atoms with E-state index in [4.69, 9.17) is 4.74 Å². The molecule has 1 fully saturated rings.